The molecule has 0 aliphatic carbocycles. The molecule has 2 N–H and O–H groups in total. The number of hydrogen-bond acceptors (Lipinski definition) is 6. The molecule has 0 spiro atoms. The third-order valence-electron chi connectivity index (χ3n) is 4.04. The molecule has 8 heteroatoms. The van der Waals surface area contributed by atoms with Gasteiger partial charge < -0.3 is 5.32 Å². The number of pyridine rings is 2. The molecular formula is C19H17N7O. The zero-order valence-electron chi connectivity index (χ0n) is 14.4. The maximum Gasteiger partial charge on any atom is 0.280 e. The van der Waals surface area contributed by atoms with Gasteiger partial charge in [0, 0.05) is 55.1 Å². The Morgan fingerprint density at radius 1 is 1.07 bits per heavy atom. The first-order valence-electron chi connectivity index (χ1n) is 8.48. The molecule has 4 rings (SSSR count). The molecule has 4 aromatic rings. The van der Waals surface area contributed by atoms with Gasteiger partial charge >= 0.3 is 0 Å². The first-order chi connectivity index (χ1) is 13.3. The molecule has 8 nitrogen and oxygen atoms in total. The maximum atomic E-state index is 12.7. The van der Waals surface area contributed by atoms with Gasteiger partial charge in [-0.15, -0.1) is 0 Å². The van der Waals surface area contributed by atoms with E-state index in [0.29, 0.717) is 23.7 Å². The van der Waals surface area contributed by atoms with Gasteiger partial charge in [0.25, 0.3) is 5.56 Å². The van der Waals surface area contributed by atoms with Gasteiger partial charge in [-0.3, -0.25) is 19.9 Å². The third kappa shape index (κ3) is 3.74. The lowest BCUT2D eigenvalue weighted by molar-refractivity contribution is 0.812. The minimum Gasteiger partial charge on any atom is -0.370 e. The van der Waals surface area contributed by atoms with Crippen LogP contribution in [0.5, 0.6) is 0 Å². The molecule has 0 aliphatic rings. The van der Waals surface area contributed by atoms with Crippen LogP contribution in [0.4, 0.5) is 5.82 Å². The highest BCUT2D eigenvalue weighted by atomic mass is 16.1. The van der Waals surface area contributed by atoms with Crippen LogP contribution in [0.2, 0.25) is 0 Å². The van der Waals surface area contributed by atoms with Crippen molar-refractivity contribution in [2.75, 3.05) is 11.9 Å². The lowest BCUT2D eigenvalue weighted by Gasteiger charge is -2.06. The molecule has 4 aromatic heterocycles. The monoisotopic (exact) mass is 359 g/mol. The van der Waals surface area contributed by atoms with Gasteiger partial charge in [0.2, 0.25) is 0 Å². The van der Waals surface area contributed by atoms with Crippen LogP contribution in [0.3, 0.4) is 0 Å². The molecule has 134 valence electrons. The van der Waals surface area contributed by atoms with Gasteiger partial charge in [0.15, 0.2) is 5.82 Å². The van der Waals surface area contributed by atoms with E-state index in [9.17, 15) is 4.79 Å². The zero-order valence-corrected chi connectivity index (χ0v) is 14.4. The van der Waals surface area contributed by atoms with E-state index >= 15 is 0 Å². The van der Waals surface area contributed by atoms with Crippen molar-refractivity contribution < 1.29 is 0 Å². The van der Waals surface area contributed by atoms with Crippen molar-refractivity contribution >= 4 is 5.82 Å². The zero-order chi connectivity index (χ0) is 18.5. The van der Waals surface area contributed by atoms with Crippen LogP contribution < -0.4 is 10.9 Å². The van der Waals surface area contributed by atoms with E-state index in [2.05, 4.69) is 30.4 Å². The molecule has 4 heterocycles. The number of anilines is 1. The van der Waals surface area contributed by atoms with E-state index in [0.717, 1.165) is 17.7 Å². The summed E-state index contributed by atoms with van der Waals surface area (Å²) >= 11 is 0. The van der Waals surface area contributed by atoms with E-state index in [1.807, 2.05) is 24.3 Å². The molecule has 0 atom stereocenters. The largest absolute Gasteiger partial charge is 0.370 e. The Morgan fingerprint density at radius 2 is 2.04 bits per heavy atom. The Bertz CT molecular complexity index is 1070. The molecule has 27 heavy (non-hydrogen) atoms. The SMILES string of the molecule is O=c1c(-c2cccnc2)c[nH]n1-c1cc(NCCc2ccccn2)ncn1. The molecule has 0 unspecified atom stereocenters. The smallest absolute Gasteiger partial charge is 0.280 e. The molecule has 0 aliphatic heterocycles. The average Bonchev–Trinajstić information content (AvgIpc) is 3.11. The van der Waals surface area contributed by atoms with Gasteiger partial charge in [0.05, 0.1) is 5.56 Å². The lowest BCUT2D eigenvalue weighted by atomic mass is 10.2. The summed E-state index contributed by atoms with van der Waals surface area (Å²) in [6, 6.07) is 11.2. The summed E-state index contributed by atoms with van der Waals surface area (Å²) in [4.78, 5) is 29.4. The number of nitrogens with one attached hydrogen (secondary N) is 2. The second kappa shape index (κ2) is 7.61. The summed E-state index contributed by atoms with van der Waals surface area (Å²) in [5.74, 6) is 1.10. The third-order valence-corrected chi connectivity index (χ3v) is 4.04. The van der Waals surface area contributed by atoms with E-state index in [4.69, 9.17) is 0 Å². The Labute approximate surface area is 155 Å². The van der Waals surface area contributed by atoms with Crippen LogP contribution in [0, 0.1) is 0 Å². The summed E-state index contributed by atoms with van der Waals surface area (Å²) < 4.78 is 1.38. The number of hydrogen-bond donors (Lipinski definition) is 2. The summed E-state index contributed by atoms with van der Waals surface area (Å²) in [6.07, 6.45) is 8.94. The Morgan fingerprint density at radius 3 is 2.85 bits per heavy atom. The molecule has 0 amide bonds. The van der Waals surface area contributed by atoms with Gasteiger partial charge in [-0.25, -0.2) is 14.6 Å². The van der Waals surface area contributed by atoms with Gasteiger partial charge in [-0.1, -0.05) is 12.1 Å². The first kappa shape index (κ1) is 16.6. The second-order valence-electron chi connectivity index (χ2n) is 5.83. The highest BCUT2D eigenvalue weighted by Crippen LogP contribution is 2.14. The van der Waals surface area contributed by atoms with Crippen LogP contribution in [-0.4, -0.2) is 36.3 Å². The van der Waals surface area contributed by atoms with E-state index in [1.165, 1.54) is 11.0 Å². The number of H-pyrrole nitrogens is 1. The number of nitrogens with zero attached hydrogens (tertiary/aromatic N) is 5. The van der Waals surface area contributed by atoms with Gasteiger partial charge in [-0.2, -0.15) is 0 Å². The van der Waals surface area contributed by atoms with Crippen molar-refractivity contribution in [2.45, 2.75) is 6.42 Å². The summed E-state index contributed by atoms with van der Waals surface area (Å²) in [5.41, 5.74) is 2.09. The minimum absolute atomic E-state index is 0.193. The molecule has 0 saturated carbocycles. The van der Waals surface area contributed by atoms with Crippen LogP contribution in [0.15, 0.2) is 72.3 Å². The fraction of sp³-hybridized carbons (Fsp3) is 0.105. The lowest BCUT2D eigenvalue weighted by Crippen LogP contribution is -2.17. The first-order valence-corrected chi connectivity index (χ1v) is 8.48. The van der Waals surface area contributed by atoms with Crippen molar-refractivity contribution in [1.29, 1.82) is 0 Å². The number of rotatable bonds is 6. The van der Waals surface area contributed by atoms with Crippen molar-refractivity contribution in [3.63, 3.8) is 0 Å². The summed E-state index contributed by atoms with van der Waals surface area (Å²) in [5, 5.41) is 6.18. The normalized spacial score (nSPS) is 10.7. The molecule has 0 bridgehead atoms. The molecular weight excluding hydrogens is 342 g/mol. The van der Waals surface area contributed by atoms with Crippen molar-refractivity contribution in [1.82, 2.24) is 29.7 Å². The van der Waals surface area contributed by atoms with Crippen molar-refractivity contribution in [2.24, 2.45) is 0 Å². The predicted octanol–water partition coefficient (Wildman–Crippen LogP) is 2.07. The van der Waals surface area contributed by atoms with E-state index < -0.39 is 0 Å². The average molecular weight is 359 g/mol. The van der Waals surface area contributed by atoms with E-state index in [1.54, 1.807) is 36.9 Å². The molecule has 0 fully saturated rings. The fourth-order valence-corrected chi connectivity index (χ4v) is 2.70. The topological polar surface area (TPSA) is 101 Å². The summed E-state index contributed by atoms with van der Waals surface area (Å²) in [6.45, 7) is 0.675. The Hall–Kier alpha value is -3.81. The highest BCUT2D eigenvalue weighted by molar-refractivity contribution is 5.60. The predicted molar refractivity (Wildman–Crippen MR) is 102 cm³/mol. The van der Waals surface area contributed by atoms with E-state index in [-0.39, 0.29) is 5.56 Å². The Kier molecular flexibility index (Phi) is 4.69. The fourth-order valence-electron chi connectivity index (χ4n) is 2.70. The quantitative estimate of drug-likeness (QED) is 0.546. The van der Waals surface area contributed by atoms with Crippen LogP contribution in [0.25, 0.3) is 16.9 Å². The van der Waals surface area contributed by atoms with Gasteiger partial charge in [0.1, 0.15) is 12.1 Å². The Balaban J connectivity index is 1.51. The van der Waals surface area contributed by atoms with Gasteiger partial charge in [-0.05, 0) is 18.2 Å². The molecule has 0 aromatic carbocycles. The van der Waals surface area contributed by atoms with Crippen molar-refractivity contribution in [3.8, 4) is 16.9 Å². The standard InChI is InChI=1S/C19H17N7O/c27-19-16(14-4-3-7-20-11-14)12-25-26(19)18-10-17(23-13-24-18)22-9-6-15-5-1-2-8-21-15/h1-5,7-8,10-13,25H,6,9H2,(H,22,23,24). The van der Waals surface area contributed by atoms with Crippen LogP contribution in [0.1, 0.15) is 5.69 Å². The molecule has 0 radical (unpaired) electrons. The molecule has 0 saturated heterocycles. The van der Waals surface area contributed by atoms with Crippen LogP contribution in [-0.2, 0) is 6.42 Å². The van der Waals surface area contributed by atoms with Crippen LogP contribution >= 0.6 is 0 Å². The second-order valence-corrected chi connectivity index (χ2v) is 5.83. The maximum absolute atomic E-state index is 12.7. The number of aromatic nitrogens is 6. The minimum atomic E-state index is -0.193. The summed E-state index contributed by atoms with van der Waals surface area (Å²) in [7, 11) is 0. The van der Waals surface area contributed by atoms with Crippen molar-refractivity contribution in [3.05, 3.63) is 83.6 Å². The number of aromatic amines is 1. The highest BCUT2D eigenvalue weighted by Gasteiger charge is 2.11.